The van der Waals surface area contributed by atoms with E-state index in [1.165, 1.54) is 32.2 Å². The van der Waals surface area contributed by atoms with Crippen molar-refractivity contribution in [2.45, 2.75) is 60.1 Å². The lowest BCUT2D eigenvalue weighted by Crippen LogP contribution is -2.67. The van der Waals surface area contributed by atoms with Crippen LogP contribution in [-0.4, -0.2) is 43.7 Å². The minimum Gasteiger partial charge on any atom is -0.312 e. The summed E-state index contributed by atoms with van der Waals surface area (Å²) in [7, 11) is -1.44. The molecule has 0 radical (unpaired) electrons. The molecule has 0 aliphatic carbocycles. The Hall–Kier alpha value is 0.137. The van der Waals surface area contributed by atoms with E-state index in [9.17, 15) is 0 Å². The summed E-state index contributed by atoms with van der Waals surface area (Å²) in [5.74, 6) is 0. The highest BCUT2D eigenvalue weighted by Crippen LogP contribution is 2.31. The van der Waals surface area contributed by atoms with E-state index in [-0.39, 0.29) is 0 Å². The maximum Gasteiger partial charge on any atom is 0.209 e. The Kier molecular flexibility index (Phi) is 7.52. The van der Waals surface area contributed by atoms with Crippen LogP contribution in [0.2, 0.25) is 11.6 Å². The van der Waals surface area contributed by atoms with E-state index in [0.717, 1.165) is 5.54 Å². The van der Waals surface area contributed by atoms with Crippen molar-refractivity contribution in [1.29, 1.82) is 0 Å². The van der Waals surface area contributed by atoms with Gasteiger partial charge in [0.1, 0.15) is 0 Å². The van der Waals surface area contributed by atoms with E-state index < -0.39 is 8.40 Å². The fourth-order valence-electron chi connectivity index (χ4n) is 3.33. The highest BCUT2D eigenvalue weighted by Gasteiger charge is 2.44. The molecular weight excluding hydrogens is 212 g/mol. The maximum absolute atomic E-state index is 2.77. The average molecular weight is 244 g/mol. The lowest BCUT2D eigenvalue weighted by Gasteiger charge is -2.50. The molecule has 0 aliphatic heterocycles. The first-order chi connectivity index (χ1) is 7.54. The van der Waals surface area contributed by atoms with E-state index in [0.29, 0.717) is 0 Å². The Bertz CT molecular complexity index is 163. The van der Waals surface area contributed by atoms with Crippen LogP contribution in [0, 0.1) is 0 Å². The lowest BCUT2D eigenvalue weighted by atomic mass is 10.6. The number of rotatable bonds is 8. The predicted molar refractivity (Wildman–Crippen MR) is 77.2 cm³/mol. The van der Waals surface area contributed by atoms with Gasteiger partial charge in [-0.05, 0) is 37.8 Å². The van der Waals surface area contributed by atoms with Crippen LogP contribution < -0.4 is 0 Å². The first-order valence-electron chi connectivity index (χ1n) is 7.04. The highest BCUT2D eigenvalue weighted by atomic mass is 28.3. The van der Waals surface area contributed by atoms with Gasteiger partial charge in [0.2, 0.25) is 8.40 Å². The molecule has 0 amide bonds. The molecule has 2 nitrogen and oxygen atoms in total. The third-order valence-electron chi connectivity index (χ3n) is 4.07. The first-order valence-corrected chi connectivity index (χ1v) is 9.22. The summed E-state index contributed by atoms with van der Waals surface area (Å²) in [6.07, 6.45) is 0. The summed E-state index contributed by atoms with van der Waals surface area (Å²) >= 11 is 0. The molecule has 0 heterocycles. The third kappa shape index (κ3) is 2.87. The van der Waals surface area contributed by atoms with Gasteiger partial charge in [0.25, 0.3) is 0 Å². The molecule has 0 aliphatic rings. The lowest BCUT2D eigenvalue weighted by molar-refractivity contribution is 0.339. The standard InChI is InChI=1S/C13H32N2Si/c1-8-14(9-2)16(12-5,13(6)7)15(10-3)11-4/h13H,8-12H2,1-7H3. The second-order valence-electron chi connectivity index (χ2n) is 4.73. The van der Waals surface area contributed by atoms with Crippen LogP contribution in [0.15, 0.2) is 0 Å². The Morgan fingerprint density at radius 3 is 1.19 bits per heavy atom. The van der Waals surface area contributed by atoms with Crippen molar-refractivity contribution in [2.75, 3.05) is 26.2 Å². The zero-order chi connectivity index (χ0) is 12.8. The topological polar surface area (TPSA) is 6.48 Å². The largest absolute Gasteiger partial charge is 0.312 e. The molecule has 0 bridgehead atoms. The SMILES string of the molecule is CCN(CC)[Si](CC)(C(C)C)N(CC)CC. The van der Waals surface area contributed by atoms with E-state index in [2.05, 4.69) is 57.6 Å². The fraction of sp³-hybridized carbons (Fsp3) is 1.00. The van der Waals surface area contributed by atoms with E-state index in [1.807, 2.05) is 0 Å². The van der Waals surface area contributed by atoms with Gasteiger partial charge < -0.3 is 9.13 Å². The fourth-order valence-corrected chi connectivity index (χ4v) is 9.09. The monoisotopic (exact) mass is 244 g/mol. The van der Waals surface area contributed by atoms with Gasteiger partial charge in [0.15, 0.2) is 0 Å². The van der Waals surface area contributed by atoms with Gasteiger partial charge in [0, 0.05) is 0 Å². The van der Waals surface area contributed by atoms with E-state index in [1.54, 1.807) is 0 Å². The van der Waals surface area contributed by atoms with Crippen molar-refractivity contribution in [3.63, 3.8) is 0 Å². The molecule has 0 saturated carbocycles. The quantitative estimate of drug-likeness (QED) is 0.603. The molecule has 98 valence electrons. The summed E-state index contributed by atoms with van der Waals surface area (Å²) in [4.78, 5) is 0. The van der Waals surface area contributed by atoms with Crippen LogP contribution in [0.1, 0.15) is 48.5 Å². The molecular formula is C13H32N2Si. The Labute approximate surface area is 104 Å². The average Bonchev–Trinajstić information content (AvgIpc) is 2.29. The van der Waals surface area contributed by atoms with Gasteiger partial charge >= 0.3 is 0 Å². The Morgan fingerprint density at radius 2 is 1.06 bits per heavy atom. The predicted octanol–water partition coefficient (Wildman–Crippen LogP) is 3.54. The van der Waals surface area contributed by atoms with E-state index in [4.69, 9.17) is 0 Å². The summed E-state index contributed by atoms with van der Waals surface area (Å²) in [6, 6.07) is 1.34. The van der Waals surface area contributed by atoms with Crippen LogP contribution >= 0.6 is 0 Å². The van der Waals surface area contributed by atoms with Crippen LogP contribution in [0.5, 0.6) is 0 Å². The molecule has 0 atom stereocenters. The normalized spacial score (nSPS) is 13.1. The van der Waals surface area contributed by atoms with Gasteiger partial charge in [-0.2, -0.15) is 0 Å². The second-order valence-corrected chi connectivity index (χ2v) is 9.62. The second kappa shape index (κ2) is 7.46. The summed E-state index contributed by atoms with van der Waals surface area (Å²) in [5.41, 5.74) is 0.803. The molecule has 3 heteroatoms. The molecule has 0 spiro atoms. The van der Waals surface area contributed by atoms with Crippen LogP contribution in [-0.2, 0) is 0 Å². The molecule has 0 N–H and O–H groups in total. The number of hydrogen-bond donors (Lipinski definition) is 0. The molecule has 0 rings (SSSR count). The van der Waals surface area contributed by atoms with Crippen molar-refractivity contribution in [2.24, 2.45) is 0 Å². The van der Waals surface area contributed by atoms with Gasteiger partial charge in [-0.25, -0.2) is 0 Å². The summed E-state index contributed by atoms with van der Waals surface area (Å²) in [5, 5.41) is 0. The maximum atomic E-state index is 2.77. The minimum absolute atomic E-state index is 0.803. The van der Waals surface area contributed by atoms with Crippen LogP contribution in [0.25, 0.3) is 0 Å². The van der Waals surface area contributed by atoms with Crippen molar-refractivity contribution in [1.82, 2.24) is 9.13 Å². The molecule has 0 aromatic heterocycles. The van der Waals surface area contributed by atoms with Gasteiger partial charge in [-0.3, -0.25) is 0 Å². The minimum atomic E-state index is -1.44. The zero-order valence-electron chi connectivity index (χ0n) is 12.5. The summed E-state index contributed by atoms with van der Waals surface area (Å²) in [6.45, 7) is 21.3. The smallest absolute Gasteiger partial charge is 0.209 e. The molecule has 16 heavy (non-hydrogen) atoms. The molecule has 0 saturated heterocycles. The Balaban J connectivity index is 5.27. The highest BCUT2D eigenvalue weighted by molar-refractivity contribution is 6.75. The van der Waals surface area contributed by atoms with Gasteiger partial charge in [-0.1, -0.05) is 48.5 Å². The molecule has 0 aromatic rings. The van der Waals surface area contributed by atoms with Crippen molar-refractivity contribution in [3.05, 3.63) is 0 Å². The molecule has 0 aromatic carbocycles. The zero-order valence-corrected chi connectivity index (χ0v) is 13.5. The molecule has 0 fully saturated rings. The van der Waals surface area contributed by atoms with Crippen LogP contribution in [0.3, 0.4) is 0 Å². The van der Waals surface area contributed by atoms with Crippen LogP contribution in [0.4, 0.5) is 0 Å². The van der Waals surface area contributed by atoms with Crippen molar-refractivity contribution < 1.29 is 0 Å². The van der Waals surface area contributed by atoms with Gasteiger partial charge in [-0.15, -0.1) is 0 Å². The first kappa shape index (κ1) is 16.1. The van der Waals surface area contributed by atoms with Crippen molar-refractivity contribution in [3.8, 4) is 0 Å². The molecule has 0 unspecified atom stereocenters. The number of hydrogen-bond acceptors (Lipinski definition) is 2. The van der Waals surface area contributed by atoms with Crippen molar-refractivity contribution >= 4 is 8.40 Å². The third-order valence-corrected chi connectivity index (χ3v) is 10.4. The Morgan fingerprint density at radius 1 is 0.750 bits per heavy atom. The number of nitrogens with zero attached hydrogens (tertiary/aromatic N) is 2. The summed E-state index contributed by atoms with van der Waals surface area (Å²) < 4.78 is 5.54. The van der Waals surface area contributed by atoms with E-state index >= 15 is 0 Å². The van der Waals surface area contributed by atoms with Gasteiger partial charge in [0.05, 0.1) is 0 Å².